The van der Waals surface area contributed by atoms with Crippen molar-refractivity contribution in [3.8, 4) is 0 Å². The van der Waals surface area contributed by atoms with Gasteiger partial charge < -0.3 is 9.80 Å². The third kappa shape index (κ3) is 2.03. The molecule has 22 heavy (non-hydrogen) atoms. The van der Waals surface area contributed by atoms with Crippen LogP contribution in [0, 0.1) is 18.8 Å². The van der Waals surface area contributed by atoms with Crippen LogP contribution in [0.1, 0.15) is 5.82 Å². The lowest BCUT2D eigenvalue weighted by atomic mass is 10.0. The first-order chi connectivity index (χ1) is 10.5. The Labute approximate surface area is 130 Å². The molecule has 0 amide bonds. The Kier molecular flexibility index (Phi) is 3.01. The molecular formula is C17H22N4O. The molecule has 116 valence electrons. The van der Waals surface area contributed by atoms with Gasteiger partial charge in [-0.1, -0.05) is 0 Å². The Balaban J connectivity index is 1.71. The Morgan fingerprint density at radius 1 is 1.09 bits per heavy atom. The van der Waals surface area contributed by atoms with Gasteiger partial charge >= 0.3 is 0 Å². The van der Waals surface area contributed by atoms with Gasteiger partial charge in [-0.15, -0.1) is 0 Å². The zero-order valence-corrected chi connectivity index (χ0v) is 13.4. The van der Waals surface area contributed by atoms with Crippen LogP contribution in [0.3, 0.4) is 0 Å². The molecule has 0 saturated carbocycles. The minimum Gasteiger partial charge on any atom is -0.371 e. The summed E-state index contributed by atoms with van der Waals surface area (Å²) >= 11 is 0. The number of anilines is 1. The van der Waals surface area contributed by atoms with Gasteiger partial charge in [0.05, 0.1) is 10.9 Å². The number of aryl methyl sites for hydroxylation is 1. The van der Waals surface area contributed by atoms with Gasteiger partial charge in [0.1, 0.15) is 5.82 Å². The first-order valence-electron chi connectivity index (χ1n) is 7.94. The Morgan fingerprint density at radius 2 is 1.77 bits per heavy atom. The molecule has 2 atom stereocenters. The van der Waals surface area contributed by atoms with Crippen LogP contribution in [0.5, 0.6) is 0 Å². The highest BCUT2D eigenvalue weighted by Crippen LogP contribution is 2.33. The number of rotatable bonds is 1. The average Bonchev–Trinajstić information content (AvgIpc) is 3.02. The predicted molar refractivity (Wildman–Crippen MR) is 88.4 cm³/mol. The van der Waals surface area contributed by atoms with Crippen molar-refractivity contribution in [1.82, 2.24) is 14.5 Å². The van der Waals surface area contributed by atoms with Crippen LogP contribution in [0.2, 0.25) is 0 Å². The third-order valence-electron chi connectivity index (χ3n) is 5.32. The van der Waals surface area contributed by atoms with Gasteiger partial charge in [0, 0.05) is 38.9 Å². The summed E-state index contributed by atoms with van der Waals surface area (Å²) in [6, 6.07) is 6.12. The SMILES string of the molecule is Cc1nc2ccc(N3CC4CN(C)CC4C3)cc2c(=O)n1C. The average molecular weight is 298 g/mol. The Hall–Kier alpha value is -1.88. The second kappa shape index (κ2) is 4.81. The molecule has 0 spiro atoms. The summed E-state index contributed by atoms with van der Waals surface area (Å²) in [5.41, 5.74) is 2.00. The standard InChI is InChI=1S/C17H22N4O/c1-11-18-16-5-4-14(6-15(16)17(22)20(11)3)21-9-12-7-19(2)8-13(12)10-21/h4-6,12-13H,7-10H2,1-3H3. The van der Waals surface area contributed by atoms with Crippen LogP contribution in [-0.2, 0) is 7.05 Å². The van der Waals surface area contributed by atoms with Gasteiger partial charge in [0.25, 0.3) is 5.56 Å². The highest BCUT2D eigenvalue weighted by atomic mass is 16.1. The molecular weight excluding hydrogens is 276 g/mol. The molecule has 2 saturated heterocycles. The van der Waals surface area contributed by atoms with Crippen LogP contribution < -0.4 is 10.5 Å². The molecule has 1 aromatic heterocycles. The zero-order chi connectivity index (χ0) is 15.4. The second-order valence-corrected chi connectivity index (χ2v) is 6.87. The summed E-state index contributed by atoms with van der Waals surface area (Å²) in [6.07, 6.45) is 0. The van der Waals surface area contributed by atoms with Crippen molar-refractivity contribution in [1.29, 1.82) is 0 Å². The Bertz CT molecular complexity index is 783. The fraction of sp³-hybridized carbons (Fsp3) is 0.529. The number of aromatic nitrogens is 2. The van der Waals surface area contributed by atoms with E-state index in [9.17, 15) is 4.79 Å². The molecule has 0 radical (unpaired) electrons. The summed E-state index contributed by atoms with van der Waals surface area (Å²) in [7, 11) is 3.99. The van der Waals surface area contributed by atoms with Crippen LogP contribution in [-0.4, -0.2) is 47.7 Å². The van der Waals surface area contributed by atoms with Crippen molar-refractivity contribution in [2.45, 2.75) is 6.92 Å². The summed E-state index contributed by atoms with van der Waals surface area (Å²) in [5.74, 6) is 2.28. The predicted octanol–water partition coefficient (Wildman–Crippen LogP) is 1.24. The number of hydrogen-bond acceptors (Lipinski definition) is 4. The van der Waals surface area contributed by atoms with E-state index in [1.54, 1.807) is 11.6 Å². The van der Waals surface area contributed by atoms with Crippen LogP contribution in [0.4, 0.5) is 5.69 Å². The van der Waals surface area contributed by atoms with E-state index in [0.717, 1.165) is 47.3 Å². The molecule has 4 rings (SSSR count). The van der Waals surface area contributed by atoms with Gasteiger partial charge in [0.15, 0.2) is 0 Å². The largest absolute Gasteiger partial charge is 0.371 e. The molecule has 3 heterocycles. The fourth-order valence-electron chi connectivity index (χ4n) is 4.00. The number of fused-ring (bicyclic) bond motifs is 2. The lowest BCUT2D eigenvalue weighted by Crippen LogP contribution is -2.27. The van der Waals surface area contributed by atoms with E-state index in [4.69, 9.17) is 0 Å². The summed E-state index contributed by atoms with van der Waals surface area (Å²) in [5, 5.41) is 0.722. The van der Waals surface area contributed by atoms with Crippen molar-refractivity contribution in [3.63, 3.8) is 0 Å². The van der Waals surface area contributed by atoms with Crippen molar-refractivity contribution >= 4 is 16.6 Å². The molecule has 5 nitrogen and oxygen atoms in total. The normalized spacial score (nSPS) is 25.1. The van der Waals surface area contributed by atoms with E-state index < -0.39 is 0 Å². The summed E-state index contributed by atoms with van der Waals surface area (Å²) < 4.78 is 1.62. The smallest absolute Gasteiger partial charge is 0.261 e. The topological polar surface area (TPSA) is 41.4 Å². The molecule has 2 unspecified atom stereocenters. The first-order valence-corrected chi connectivity index (χ1v) is 7.94. The lowest BCUT2D eigenvalue weighted by molar-refractivity contribution is 0.387. The van der Waals surface area contributed by atoms with Crippen LogP contribution >= 0.6 is 0 Å². The van der Waals surface area contributed by atoms with Gasteiger partial charge in [-0.05, 0) is 44.0 Å². The minimum absolute atomic E-state index is 0.0449. The van der Waals surface area contributed by atoms with E-state index in [1.807, 2.05) is 19.1 Å². The van der Waals surface area contributed by atoms with E-state index in [-0.39, 0.29) is 5.56 Å². The van der Waals surface area contributed by atoms with Gasteiger partial charge in [-0.25, -0.2) is 4.98 Å². The molecule has 5 heteroatoms. The third-order valence-corrected chi connectivity index (χ3v) is 5.32. The highest BCUT2D eigenvalue weighted by Gasteiger charge is 2.38. The molecule has 0 N–H and O–H groups in total. The zero-order valence-electron chi connectivity index (χ0n) is 13.4. The van der Waals surface area contributed by atoms with Crippen molar-refractivity contribution in [2.24, 2.45) is 18.9 Å². The lowest BCUT2D eigenvalue weighted by Gasteiger charge is -2.21. The van der Waals surface area contributed by atoms with Crippen LogP contribution in [0.25, 0.3) is 10.9 Å². The minimum atomic E-state index is 0.0449. The molecule has 0 bridgehead atoms. The van der Waals surface area contributed by atoms with E-state index in [2.05, 4.69) is 27.9 Å². The first kappa shape index (κ1) is 13.8. The van der Waals surface area contributed by atoms with E-state index >= 15 is 0 Å². The molecule has 2 aliphatic rings. The van der Waals surface area contributed by atoms with Crippen molar-refractivity contribution in [3.05, 3.63) is 34.4 Å². The molecule has 0 aliphatic carbocycles. The van der Waals surface area contributed by atoms with Gasteiger partial charge in [-0.3, -0.25) is 9.36 Å². The van der Waals surface area contributed by atoms with E-state index in [1.165, 1.54) is 13.1 Å². The highest BCUT2D eigenvalue weighted by molar-refractivity contribution is 5.82. The van der Waals surface area contributed by atoms with Gasteiger partial charge in [0.2, 0.25) is 0 Å². The maximum atomic E-state index is 12.5. The molecule has 1 aromatic carbocycles. The molecule has 2 fully saturated rings. The summed E-state index contributed by atoms with van der Waals surface area (Å²) in [4.78, 5) is 21.8. The number of likely N-dealkylation sites (tertiary alicyclic amines) is 1. The number of hydrogen-bond donors (Lipinski definition) is 0. The van der Waals surface area contributed by atoms with Gasteiger partial charge in [-0.2, -0.15) is 0 Å². The molecule has 2 aromatic rings. The second-order valence-electron chi connectivity index (χ2n) is 6.87. The quantitative estimate of drug-likeness (QED) is 0.794. The van der Waals surface area contributed by atoms with E-state index in [0.29, 0.717) is 0 Å². The van der Waals surface area contributed by atoms with Crippen LogP contribution in [0.15, 0.2) is 23.0 Å². The maximum Gasteiger partial charge on any atom is 0.261 e. The monoisotopic (exact) mass is 298 g/mol. The van der Waals surface area contributed by atoms with Crippen molar-refractivity contribution < 1.29 is 0 Å². The van der Waals surface area contributed by atoms with Crippen molar-refractivity contribution in [2.75, 3.05) is 38.1 Å². The maximum absolute atomic E-state index is 12.5. The summed E-state index contributed by atoms with van der Waals surface area (Å²) in [6.45, 7) is 6.45. The Morgan fingerprint density at radius 3 is 2.45 bits per heavy atom. The number of benzene rings is 1. The molecule has 2 aliphatic heterocycles. The number of nitrogens with zero attached hydrogens (tertiary/aromatic N) is 4. The fourth-order valence-corrected chi connectivity index (χ4v) is 4.00.